The first kappa shape index (κ1) is 20.2. The normalized spacial score (nSPS) is 21.5. The van der Waals surface area contributed by atoms with E-state index in [0.717, 1.165) is 5.56 Å². The monoisotopic (exact) mass is 450 g/mol. The summed E-state index contributed by atoms with van der Waals surface area (Å²) >= 11 is 18.6. The van der Waals surface area contributed by atoms with Gasteiger partial charge in [-0.3, -0.25) is 4.79 Å². The summed E-state index contributed by atoms with van der Waals surface area (Å²) in [6.45, 7) is 2.37. The molecule has 2 heterocycles. The van der Waals surface area contributed by atoms with E-state index >= 15 is 0 Å². The molecule has 9 heteroatoms. The lowest BCUT2D eigenvalue weighted by Gasteiger charge is -2.34. The maximum Gasteiger partial charge on any atom is 0.256 e. The summed E-state index contributed by atoms with van der Waals surface area (Å²) in [5.41, 5.74) is 0.346. The minimum atomic E-state index is -0.919. The summed E-state index contributed by atoms with van der Waals surface area (Å²) in [6.07, 6.45) is 3.05. The molecule has 0 N–H and O–H groups in total. The zero-order valence-corrected chi connectivity index (χ0v) is 17.7. The van der Waals surface area contributed by atoms with Crippen LogP contribution in [0.3, 0.4) is 0 Å². The second kappa shape index (κ2) is 7.95. The second-order valence-electron chi connectivity index (χ2n) is 6.84. The van der Waals surface area contributed by atoms with E-state index in [1.807, 2.05) is 13.0 Å². The predicted molar refractivity (Wildman–Crippen MR) is 111 cm³/mol. The molecule has 0 spiro atoms. The van der Waals surface area contributed by atoms with Gasteiger partial charge < -0.3 is 9.64 Å². The summed E-state index contributed by atoms with van der Waals surface area (Å²) in [6, 6.07) is 11.7. The summed E-state index contributed by atoms with van der Waals surface area (Å²) in [5, 5.41) is 5.76. The number of hydrogen-bond acceptors (Lipinski definition) is 4. The molecule has 0 radical (unpaired) electrons. The molecule has 3 aromatic rings. The number of aromatic nitrogens is 3. The van der Waals surface area contributed by atoms with Crippen molar-refractivity contribution in [1.82, 2.24) is 19.7 Å². The fourth-order valence-corrected chi connectivity index (χ4v) is 4.31. The Kier molecular flexibility index (Phi) is 5.53. The van der Waals surface area contributed by atoms with Crippen molar-refractivity contribution in [2.45, 2.75) is 25.1 Å². The van der Waals surface area contributed by atoms with Crippen molar-refractivity contribution in [2.24, 2.45) is 0 Å². The van der Waals surface area contributed by atoms with Gasteiger partial charge in [-0.25, -0.2) is 9.67 Å². The van der Waals surface area contributed by atoms with Crippen molar-refractivity contribution in [3.05, 3.63) is 81.3 Å². The highest BCUT2D eigenvalue weighted by atomic mass is 35.5. The molecule has 150 valence electrons. The Morgan fingerprint density at radius 2 is 1.90 bits per heavy atom. The van der Waals surface area contributed by atoms with Crippen LogP contribution < -0.4 is 0 Å². The van der Waals surface area contributed by atoms with Crippen LogP contribution in [0.15, 0.2) is 55.1 Å². The molecule has 1 aliphatic rings. The van der Waals surface area contributed by atoms with Gasteiger partial charge in [-0.2, -0.15) is 5.10 Å². The van der Waals surface area contributed by atoms with E-state index in [0.29, 0.717) is 27.2 Å². The third kappa shape index (κ3) is 3.73. The third-order valence-electron chi connectivity index (χ3n) is 5.21. The molecule has 1 aromatic heterocycles. The molecule has 0 saturated carbocycles. The van der Waals surface area contributed by atoms with E-state index in [1.54, 1.807) is 52.3 Å². The van der Waals surface area contributed by atoms with Crippen molar-refractivity contribution in [1.29, 1.82) is 0 Å². The first-order valence-corrected chi connectivity index (χ1v) is 10.0. The summed E-state index contributed by atoms with van der Waals surface area (Å²) in [4.78, 5) is 18.8. The molecule has 2 unspecified atom stereocenters. The predicted octanol–water partition coefficient (Wildman–Crippen LogP) is 4.65. The average Bonchev–Trinajstić information content (AvgIpc) is 3.31. The molecule has 1 fully saturated rings. The Morgan fingerprint density at radius 1 is 1.17 bits per heavy atom. The molecule has 0 aliphatic carbocycles. The molecule has 1 amide bonds. The molecular formula is C20H17Cl3N4O2. The highest BCUT2D eigenvalue weighted by Crippen LogP contribution is 2.43. The fourth-order valence-electron chi connectivity index (χ4n) is 3.62. The van der Waals surface area contributed by atoms with Crippen molar-refractivity contribution >= 4 is 40.7 Å². The van der Waals surface area contributed by atoms with Gasteiger partial charge in [0.1, 0.15) is 25.0 Å². The van der Waals surface area contributed by atoms with Gasteiger partial charge in [0.15, 0.2) is 0 Å². The molecule has 1 saturated heterocycles. The number of halogens is 3. The second-order valence-corrected chi connectivity index (χ2v) is 8.12. The lowest BCUT2D eigenvalue weighted by atomic mass is 9.86. The van der Waals surface area contributed by atoms with Crippen LogP contribution >= 0.6 is 34.8 Å². The van der Waals surface area contributed by atoms with E-state index < -0.39 is 5.60 Å². The standard InChI is InChI=1S/C20H17Cl3N4O2/c1-13-20(9-26-11-24-10-25-26,17-7-6-16(22)8-18(17)23)29-12-27(13)19(28)14-2-4-15(21)5-3-14/h2-8,10-11,13H,9,12H2,1H3. The lowest BCUT2D eigenvalue weighted by Crippen LogP contribution is -2.46. The number of ether oxygens (including phenoxy) is 1. The van der Waals surface area contributed by atoms with E-state index in [9.17, 15) is 4.79 Å². The molecule has 2 aromatic carbocycles. The highest BCUT2D eigenvalue weighted by Gasteiger charge is 2.51. The van der Waals surface area contributed by atoms with Gasteiger partial charge in [-0.1, -0.05) is 40.9 Å². The van der Waals surface area contributed by atoms with Gasteiger partial charge in [0, 0.05) is 26.2 Å². The summed E-state index contributed by atoms with van der Waals surface area (Å²) < 4.78 is 7.94. The van der Waals surface area contributed by atoms with Crippen molar-refractivity contribution in [2.75, 3.05) is 6.73 Å². The number of carbonyl (C=O) groups excluding carboxylic acids is 1. The van der Waals surface area contributed by atoms with Gasteiger partial charge in [0.25, 0.3) is 5.91 Å². The Hall–Kier alpha value is -2.12. The van der Waals surface area contributed by atoms with E-state index in [-0.39, 0.29) is 18.7 Å². The number of nitrogens with zero attached hydrogens (tertiary/aromatic N) is 4. The van der Waals surface area contributed by atoms with Gasteiger partial charge in [0.05, 0.1) is 12.6 Å². The van der Waals surface area contributed by atoms with Gasteiger partial charge >= 0.3 is 0 Å². The van der Waals surface area contributed by atoms with Gasteiger partial charge in [-0.15, -0.1) is 0 Å². The van der Waals surface area contributed by atoms with Crippen LogP contribution in [0.1, 0.15) is 22.8 Å². The minimum Gasteiger partial charge on any atom is -0.346 e. The Morgan fingerprint density at radius 3 is 2.55 bits per heavy atom. The van der Waals surface area contributed by atoms with Crippen LogP contribution in [-0.4, -0.2) is 38.3 Å². The Balaban J connectivity index is 1.73. The minimum absolute atomic E-state index is 0.107. The van der Waals surface area contributed by atoms with Crippen LogP contribution in [0.5, 0.6) is 0 Å². The number of carbonyl (C=O) groups is 1. The summed E-state index contributed by atoms with van der Waals surface area (Å²) in [7, 11) is 0. The Labute approximate surface area is 183 Å². The van der Waals surface area contributed by atoms with Crippen LogP contribution in [0.2, 0.25) is 15.1 Å². The van der Waals surface area contributed by atoms with Crippen molar-refractivity contribution < 1.29 is 9.53 Å². The molecule has 0 bridgehead atoms. The Bertz CT molecular complexity index is 1030. The molecular weight excluding hydrogens is 435 g/mol. The van der Waals surface area contributed by atoms with Crippen LogP contribution in [0.4, 0.5) is 0 Å². The maximum atomic E-state index is 13.1. The number of hydrogen-bond donors (Lipinski definition) is 0. The van der Waals surface area contributed by atoms with Crippen molar-refractivity contribution in [3.63, 3.8) is 0 Å². The van der Waals surface area contributed by atoms with E-state index in [2.05, 4.69) is 10.1 Å². The van der Waals surface area contributed by atoms with Gasteiger partial charge in [0.2, 0.25) is 0 Å². The topological polar surface area (TPSA) is 60.2 Å². The third-order valence-corrected chi connectivity index (χ3v) is 6.01. The van der Waals surface area contributed by atoms with Gasteiger partial charge in [-0.05, 0) is 43.3 Å². The first-order valence-electron chi connectivity index (χ1n) is 8.89. The molecule has 1 aliphatic heterocycles. The first-order chi connectivity index (χ1) is 13.9. The van der Waals surface area contributed by atoms with Crippen molar-refractivity contribution in [3.8, 4) is 0 Å². The van der Waals surface area contributed by atoms with Crippen LogP contribution in [0, 0.1) is 0 Å². The zero-order chi connectivity index (χ0) is 20.6. The van der Waals surface area contributed by atoms with Crippen LogP contribution in [0.25, 0.3) is 0 Å². The number of benzene rings is 2. The quantitative estimate of drug-likeness (QED) is 0.579. The van der Waals surface area contributed by atoms with E-state index in [1.165, 1.54) is 6.33 Å². The molecule has 4 rings (SSSR count). The smallest absolute Gasteiger partial charge is 0.256 e. The average molecular weight is 452 g/mol. The van der Waals surface area contributed by atoms with Crippen LogP contribution in [-0.2, 0) is 16.9 Å². The molecule has 29 heavy (non-hydrogen) atoms. The zero-order valence-electron chi connectivity index (χ0n) is 15.4. The highest BCUT2D eigenvalue weighted by molar-refractivity contribution is 6.35. The maximum absolute atomic E-state index is 13.1. The fraction of sp³-hybridized carbons (Fsp3) is 0.250. The van der Waals surface area contributed by atoms with E-state index in [4.69, 9.17) is 39.5 Å². The largest absolute Gasteiger partial charge is 0.346 e. The number of amides is 1. The lowest BCUT2D eigenvalue weighted by molar-refractivity contribution is -0.0247. The number of rotatable bonds is 4. The molecule has 2 atom stereocenters. The summed E-state index contributed by atoms with van der Waals surface area (Å²) in [5.74, 6) is -0.153. The SMILES string of the molecule is CC1N(C(=O)c2ccc(Cl)cc2)COC1(Cn1cncn1)c1ccc(Cl)cc1Cl. The molecule has 6 nitrogen and oxygen atoms in total.